The predicted molar refractivity (Wildman–Crippen MR) is 70.6 cm³/mol. The average molecular weight is 273 g/mol. The molecule has 0 aliphatic carbocycles. The Labute approximate surface area is 112 Å². The summed E-state index contributed by atoms with van der Waals surface area (Å²) in [7, 11) is 0. The zero-order valence-corrected chi connectivity index (χ0v) is 10.2. The number of carbonyl (C=O) groups is 1. The van der Waals surface area contributed by atoms with Crippen LogP contribution in [-0.2, 0) is 0 Å². The highest BCUT2D eigenvalue weighted by atomic mass is 19.1. The highest BCUT2D eigenvalue weighted by Crippen LogP contribution is 2.27. The van der Waals surface area contributed by atoms with E-state index in [1.165, 1.54) is 18.3 Å². The van der Waals surface area contributed by atoms with Crippen molar-refractivity contribution in [3.8, 4) is 11.1 Å². The molecule has 0 spiro atoms. The molecule has 20 heavy (non-hydrogen) atoms. The van der Waals surface area contributed by atoms with Crippen molar-refractivity contribution >= 4 is 16.9 Å². The normalized spacial score (nSPS) is 10.9. The summed E-state index contributed by atoms with van der Waals surface area (Å²) in [6.45, 7) is 0. The molecule has 0 atom stereocenters. The second kappa shape index (κ2) is 4.45. The van der Waals surface area contributed by atoms with Gasteiger partial charge >= 0.3 is 5.97 Å². The Morgan fingerprint density at radius 3 is 2.35 bits per heavy atom. The smallest absolute Gasteiger partial charge is 0.337 e. The van der Waals surface area contributed by atoms with Crippen molar-refractivity contribution in [1.29, 1.82) is 0 Å². The number of fused-ring (bicyclic) bond motifs is 1. The second-order valence-corrected chi connectivity index (χ2v) is 4.43. The maximum Gasteiger partial charge on any atom is 0.337 e. The molecule has 3 aromatic rings. The van der Waals surface area contributed by atoms with E-state index in [2.05, 4.69) is 4.98 Å². The lowest BCUT2D eigenvalue weighted by molar-refractivity contribution is 0.0699. The highest BCUT2D eigenvalue weighted by molar-refractivity contribution is 6.04. The monoisotopic (exact) mass is 273 g/mol. The lowest BCUT2D eigenvalue weighted by Gasteiger charge is -2.03. The molecular weight excluding hydrogens is 264 g/mol. The molecule has 0 fully saturated rings. The maximum atomic E-state index is 13.2. The van der Waals surface area contributed by atoms with E-state index in [0.717, 1.165) is 6.07 Å². The quantitative estimate of drug-likeness (QED) is 0.746. The van der Waals surface area contributed by atoms with Gasteiger partial charge in [-0.15, -0.1) is 0 Å². The van der Waals surface area contributed by atoms with Crippen LogP contribution in [0.5, 0.6) is 0 Å². The Hall–Kier alpha value is -2.69. The van der Waals surface area contributed by atoms with Crippen molar-refractivity contribution in [3.05, 3.63) is 59.8 Å². The molecule has 2 N–H and O–H groups in total. The lowest BCUT2D eigenvalue weighted by atomic mass is 10.0. The first-order valence-corrected chi connectivity index (χ1v) is 5.85. The largest absolute Gasteiger partial charge is 0.478 e. The number of carboxylic acids is 1. The van der Waals surface area contributed by atoms with Crippen LogP contribution in [-0.4, -0.2) is 16.1 Å². The molecule has 0 saturated heterocycles. The molecule has 0 bridgehead atoms. The van der Waals surface area contributed by atoms with Crippen molar-refractivity contribution in [2.24, 2.45) is 0 Å². The summed E-state index contributed by atoms with van der Waals surface area (Å²) in [4.78, 5) is 13.9. The first kappa shape index (κ1) is 12.3. The Bertz CT molecular complexity index is 804. The molecule has 0 aliphatic rings. The average Bonchev–Trinajstić information content (AvgIpc) is 2.80. The van der Waals surface area contributed by atoms with Gasteiger partial charge in [0.15, 0.2) is 0 Å². The van der Waals surface area contributed by atoms with Crippen LogP contribution in [0.1, 0.15) is 10.4 Å². The van der Waals surface area contributed by atoms with Gasteiger partial charge in [-0.2, -0.15) is 0 Å². The first-order chi connectivity index (χ1) is 9.54. The van der Waals surface area contributed by atoms with Crippen molar-refractivity contribution in [1.82, 2.24) is 4.98 Å². The van der Waals surface area contributed by atoms with Gasteiger partial charge in [-0.05, 0) is 35.4 Å². The SMILES string of the molecule is O=C(O)c1c[nH]c2ccc(-c3cc(F)cc(F)c3)cc12. The number of halogens is 2. The van der Waals surface area contributed by atoms with Crippen LogP contribution in [0.15, 0.2) is 42.6 Å². The van der Waals surface area contributed by atoms with Gasteiger partial charge in [0, 0.05) is 23.2 Å². The van der Waals surface area contributed by atoms with E-state index in [4.69, 9.17) is 5.11 Å². The van der Waals surface area contributed by atoms with Gasteiger partial charge in [-0.1, -0.05) is 6.07 Å². The number of aromatic nitrogens is 1. The summed E-state index contributed by atoms with van der Waals surface area (Å²) in [5.74, 6) is -2.40. The summed E-state index contributed by atoms with van der Waals surface area (Å²) < 4.78 is 26.5. The van der Waals surface area contributed by atoms with E-state index in [-0.39, 0.29) is 5.56 Å². The van der Waals surface area contributed by atoms with Crippen molar-refractivity contribution in [3.63, 3.8) is 0 Å². The summed E-state index contributed by atoms with van der Waals surface area (Å²) in [5, 5.41) is 9.58. The molecule has 0 radical (unpaired) electrons. The summed E-state index contributed by atoms with van der Waals surface area (Å²) in [5.41, 5.74) is 1.70. The van der Waals surface area contributed by atoms with Gasteiger partial charge in [0.2, 0.25) is 0 Å². The van der Waals surface area contributed by atoms with Crippen LogP contribution in [0.25, 0.3) is 22.0 Å². The van der Waals surface area contributed by atoms with E-state index in [1.807, 2.05) is 0 Å². The van der Waals surface area contributed by atoms with E-state index in [1.54, 1.807) is 18.2 Å². The highest BCUT2D eigenvalue weighted by Gasteiger charge is 2.12. The number of hydrogen-bond donors (Lipinski definition) is 2. The Morgan fingerprint density at radius 2 is 1.70 bits per heavy atom. The minimum absolute atomic E-state index is 0.124. The third-order valence-electron chi connectivity index (χ3n) is 3.11. The van der Waals surface area contributed by atoms with Crippen LogP contribution in [0, 0.1) is 11.6 Å². The number of H-pyrrole nitrogens is 1. The molecule has 0 amide bonds. The van der Waals surface area contributed by atoms with Gasteiger partial charge in [-0.25, -0.2) is 13.6 Å². The molecule has 1 heterocycles. The van der Waals surface area contributed by atoms with Gasteiger partial charge in [0.25, 0.3) is 0 Å². The Morgan fingerprint density at radius 1 is 1.00 bits per heavy atom. The van der Waals surface area contributed by atoms with Crippen LogP contribution in [0.4, 0.5) is 8.78 Å². The van der Waals surface area contributed by atoms with E-state index in [0.29, 0.717) is 22.0 Å². The number of nitrogens with one attached hydrogen (secondary N) is 1. The molecule has 3 rings (SSSR count). The lowest BCUT2D eigenvalue weighted by Crippen LogP contribution is -1.93. The number of hydrogen-bond acceptors (Lipinski definition) is 1. The molecule has 2 aromatic carbocycles. The van der Waals surface area contributed by atoms with Gasteiger partial charge in [0.1, 0.15) is 11.6 Å². The van der Waals surface area contributed by atoms with Crippen LogP contribution < -0.4 is 0 Å². The summed E-state index contributed by atoms with van der Waals surface area (Å²) in [6, 6.07) is 8.16. The van der Waals surface area contributed by atoms with Gasteiger partial charge in [-0.3, -0.25) is 0 Å². The third-order valence-corrected chi connectivity index (χ3v) is 3.11. The minimum atomic E-state index is -1.06. The minimum Gasteiger partial charge on any atom is -0.478 e. The fraction of sp³-hybridized carbons (Fsp3) is 0. The maximum absolute atomic E-state index is 13.2. The van der Waals surface area contributed by atoms with E-state index in [9.17, 15) is 13.6 Å². The molecule has 5 heteroatoms. The van der Waals surface area contributed by atoms with E-state index >= 15 is 0 Å². The zero-order valence-electron chi connectivity index (χ0n) is 10.2. The number of aromatic carboxylic acids is 1. The summed E-state index contributed by atoms with van der Waals surface area (Å²) in [6.07, 6.45) is 1.39. The molecule has 3 nitrogen and oxygen atoms in total. The predicted octanol–water partition coefficient (Wildman–Crippen LogP) is 3.81. The number of benzene rings is 2. The van der Waals surface area contributed by atoms with Gasteiger partial charge in [0.05, 0.1) is 5.56 Å². The Balaban J connectivity index is 2.21. The second-order valence-electron chi connectivity index (χ2n) is 4.43. The molecular formula is C15H9F2NO2. The summed E-state index contributed by atoms with van der Waals surface area (Å²) >= 11 is 0. The van der Waals surface area contributed by atoms with Crippen LogP contribution in [0.3, 0.4) is 0 Å². The molecule has 0 saturated carbocycles. The van der Waals surface area contributed by atoms with E-state index < -0.39 is 17.6 Å². The fourth-order valence-electron chi connectivity index (χ4n) is 2.20. The van der Waals surface area contributed by atoms with Crippen molar-refractivity contribution < 1.29 is 18.7 Å². The first-order valence-electron chi connectivity index (χ1n) is 5.85. The van der Waals surface area contributed by atoms with Crippen molar-refractivity contribution in [2.45, 2.75) is 0 Å². The number of aromatic amines is 1. The Kier molecular flexibility index (Phi) is 2.75. The van der Waals surface area contributed by atoms with Gasteiger partial charge < -0.3 is 10.1 Å². The standard InChI is InChI=1S/C15H9F2NO2/c16-10-3-9(4-11(17)6-10)8-1-2-14-12(5-8)13(7-18-14)15(19)20/h1-7,18H,(H,19,20). The van der Waals surface area contributed by atoms with Crippen molar-refractivity contribution in [2.75, 3.05) is 0 Å². The number of rotatable bonds is 2. The molecule has 0 aliphatic heterocycles. The molecule has 0 unspecified atom stereocenters. The third kappa shape index (κ3) is 2.03. The van der Waals surface area contributed by atoms with Crippen LogP contribution >= 0.6 is 0 Å². The van der Waals surface area contributed by atoms with Crippen LogP contribution in [0.2, 0.25) is 0 Å². The molecule has 1 aromatic heterocycles. The number of carboxylic acid groups (broad SMARTS) is 1. The molecule has 100 valence electrons. The topological polar surface area (TPSA) is 53.1 Å². The zero-order chi connectivity index (χ0) is 14.3. The fourth-order valence-corrected chi connectivity index (χ4v) is 2.20.